The molecule has 393 valence electrons. The van der Waals surface area contributed by atoms with E-state index in [0.29, 0.717) is 19.3 Å². The van der Waals surface area contributed by atoms with Crippen LogP contribution in [-0.2, 0) is 47.1 Å². The molecule has 0 aliphatic heterocycles. The number of carboxylic acids is 3. The number of unbranched alkanes of at least 4 members (excludes halogenated alkanes) is 39. The Bertz CT molecular complexity index is 911. The van der Waals surface area contributed by atoms with Crippen LogP contribution in [0.4, 0.5) is 0 Å². The van der Waals surface area contributed by atoms with Crippen molar-refractivity contribution in [3.8, 4) is 0 Å². The van der Waals surface area contributed by atoms with Crippen molar-refractivity contribution in [2.45, 2.75) is 329 Å². The molecule has 0 fully saturated rings. The minimum Gasteiger partial charge on any atom is -0.481 e. The van der Waals surface area contributed by atoms with E-state index >= 15 is 0 Å². The molecule has 0 saturated heterocycles. The monoisotopic (exact) mass is 1020 g/mol. The van der Waals surface area contributed by atoms with Crippen molar-refractivity contribution in [1.82, 2.24) is 0 Å². The zero-order valence-corrected chi connectivity index (χ0v) is 47.9. The molecule has 0 aromatic carbocycles. The van der Waals surface area contributed by atoms with Gasteiger partial charge in [-0.25, -0.2) is 0 Å². The maximum absolute atomic E-state index is 10.4. The minimum atomic E-state index is -0.663. The fourth-order valence-electron chi connectivity index (χ4n) is 8.10. The summed E-state index contributed by atoms with van der Waals surface area (Å²) >= 11 is 0. The van der Waals surface area contributed by atoms with Gasteiger partial charge >= 0.3 is 17.9 Å². The van der Waals surface area contributed by atoms with Crippen LogP contribution in [-0.4, -0.2) is 33.2 Å². The molecule has 0 saturated carbocycles. The molecule has 0 aliphatic rings. The van der Waals surface area contributed by atoms with Crippen LogP contribution in [0.3, 0.4) is 0 Å². The summed E-state index contributed by atoms with van der Waals surface area (Å²) in [4.78, 5) is 31.1. The van der Waals surface area contributed by atoms with E-state index in [0.717, 1.165) is 38.5 Å². The summed E-state index contributed by atoms with van der Waals surface area (Å²) in [5, 5.41) is 25.6. The normalized spacial score (nSPS) is 11.1. The van der Waals surface area contributed by atoms with E-state index in [1.807, 2.05) is 0 Å². The van der Waals surface area contributed by atoms with Gasteiger partial charge in [0.15, 0.2) is 0 Å². The molecule has 6 nitrogen and oxygen atoms in total. The number of carbonyl (C=O) groups is 3. The molecule has 0 aliphatic carbocycles. The summed E-state index contributed by atoms with van der Waals surface area (Å²) in [5.41, 5.74) is 0. The number of rotatable bonds is 51. The molecule has 0 rings (SSSR count). The average molecular weight is 1020 g/mol. The number of carboxylic acid groups (broad SMARTS) is 3. The predicted octanol–water partition coefficient (Wildman–Crippen LogP) is 20.7. The van der Waals surface area contributed by atoms with Gasteiger partial charge < -0.3 is 15.3 Å². The van der Waals surface area contributed by atoms with E-state index in [9.17, 15) is 14.4 Å². The van der Waals surface area contributed by atoms with E-state index in [1.165, 1.54) is 250 Å². The maximum atomic E-state index is 10.4. The molecule has 0 heterocycles. The van der Waals surface area contributed by atoms with Crippen LogP contribution >= 0.6 is 0 Å². The summed E-state index contributed by atoms with van der Waals surface area (Å²) in [6, 6.07) is 0. The first-order valence-corrected chi connectivity index (χ1v) is 28.9. The molecular formula is C60H114O6Y. The van der Waals surface area contributed by atoms with E-state index in [4.69, 9.17) is 15.3 Å². The fourth-order valence-corrected chi connectivity index (χ4v) is 8.10. The summed E-state index contributed by atoms with van der Waals surface area (Å²) in [7, 11) is 0. The van der Waals surface area contributed by atoms with Gasteiger partial charge in [-0.15, -0.1) is 0 Å². The van der Waals surface area contributed by atoms with Gasteiger partial charge in [-0.3, -0.25) is 14.4 Å². The van der Waals surface area contributed by atoms with Crippen molar-refractivity contribution < 1.29 is 62.4 Å². The first-order valence-electron chi connectivity index (χ1n) is 28.9. The maximum Gasteiger partial charge on any atom is 0.303 e. The quantitative estimate of drug-likeness (QED) is 0.0413. The van der Waals surface area contributed by atoms with Crippen molar-refractivity contribution in [3.05, 3.63) is 36.5 Å². The van der Waals surface area contributed by atoms with Gasteiger partial charge in [0.05, 0.1) is 0 Å². The molecule has 0 bridgehead atoms. The van der Waals surface area contributed by atoms with Crippen molar-refractivity contribution in [2.24, 2.45) is 0 Å². The second-order valence-electron chi connectivity index (χ2n) is 19.3. The molecule has 0 amide bonds. The van der Waals surface area contributed by atoms with Crippen LogP contribution in [0.5, 0.6) is 0 Å². The molecule has 7 heteroatoms. The first kappa shape index (κ1) is 72.3. The third-order valence-corrected chi connectivity index (χ3v) is 12.5. The van der Waals surface area contributed by atoms with Crippen LogP contribution < -0.4 is 0 Å². The molecule has 0 spiro atoms. The third kappa shape index (κ3) is 82.0. The zero-order valence-electron chi connectivity index (χ0n) is 45.0. The fraction of sp³-hybridized carbons (Fsp3) is 0.850. The van der Waals surface area contributed by atoms with Crippen LogP contribution in [0, 0.1) is 0 Å². The average Bonchev–Trinajstić information content (AvgIpc) is 3.29. The van der Waals surface area contributed by atoms with Crippen LogP contribution in [0.25, 0.3) is 0 Å². The molecule has 3 N–H and O–H groups in total. The van der Waals surface area contributed by atoms with Crippen LogP contribution in [0.1, 0.15) is 329 Å². The topological polar surface area (TPSA) is 112 Å². The molecule has 0 unspecified atom stereocenters. The van der Waals surface area contributed by atoms with Crippen molar-refractivity contribution in [1.29, 1.82) is 0 Å². The third-order valence-electron chi connectivity index (χ3n) is 12.5. The summed E-state index contributed by atoms with van der Waals surface area (Å²) in [6.07, 6.45) is 72.5. The van der Waals surface area contributed by atoms with Gasteiger partial charge in [0.2, 0.25) is 0 Å². The Morgan fingerprint density at radius 3 is 0.522 bits per heavy atom. The Morgan fingerprint density at radius 1 is 0.239 bits per heavy atom. The van der Waals surface area contributed by atoms with Crippen molar-refractivity contribution in [2.75, 3.05) is 0 Å². The number of allylic oxidation sites excluding steroid dienone is 6. The van der Waals surface area contributed by atoms with Gasteiger partial charge in [-0.2, -0.15) is 0 Å². The molecule has 0 atom stereocenters. The summed E-state index contributed by atoms with van der Waals surface area (Å²) in [6.45, 7) is 6.81. The second-order valence-corrected chi connectivity index (χ2v) is 19.3. The number of aliphatic carboxylic acids is 3. The Labute approximate surface area is 442 Å². The SMILES string of the molecule is CCCCCCCCCC/C=C\CCCCCCCC(=O)O.CCCCCCCCCC/C=C\CCCCCCCC(=O)O.CCCCCCCCCC/C=C\CCCCCCCC(=O)O.[Y]. The minimum absolute atomic E-state index is 0. The van der Waals surface area contributed by atoms with Crippen LogP contribution in [0.2, 0.25) is 0 Å². The van der Waals surface area contributed by atoms with Gasteiger partial charge in [0, 0.05) is 52.0 Å². The smallest absolute Gasteiger partial charge is 0.303 e. The standard InChI is InChI=1S/3C20H38O2.Y/c3*1-2-3-4-5-6-7-8-9-10-11-12-13-14-15-16-17-18-19-20(21)22;/h3*11-12H,2-10,13-19H2,1H3,(H,21,22);/b3*12-11-;. The van der Waals surface area contributed by atoms with Gasteiger partial charge in [0.1, 0.15) is 0 Å². The van der Waals surface area contributed by atoms with Gasteiger partial charge in [-0.05, 0) is 96.3 Å². The molecule has 67 heavy (non-hydrogen) atoms. The predicted molar refractivity (Wildman–Crippen MR) is 289 cm³/mol. The molecule has 0 aromatic rings. The zero-order chi connectivity index (χ0) is 48.9. The van der Waals surface area contributed by atoms with E-state index < -0.39 is 17.9 Å². The first-order chi connectivity index (χ1) is 32.3. The van der Waals surface area contributed by atoms with Crippen molar-refractivity contribution in [3.63, 3.8) is 0 Å². The summed E-state index contributed by atoms with van der Waals surface area (Å²) in [5.74, 6) is -1.99. The number of hydrogen-bond donors (Lipinski definition) is 3. The Balaban J connectivity index is -0.000000441. The summed E-state index contributed by atoms with van der Waals surface area (Å²) < 4.78 is 0. The van der Waals surface area contributed by atoms with Gasteiger partial charge in [0.25, 0.3) is 0 Å². The van der Waals surface area contributed by atoms with E-state index in [2.05, 4.69) is 57.2 Å². The van der Waals surface area contributed by atoms with E-state index in [1.54, 1.807) is 0 Å². The van der Waals surface area contributed by atoms with Crippen LogP contribution in [0.15, 0.2) is 36.5 Å². The Morgan fingerprint density at radius 2 is 0.373 bits per heavy atom. The van der Waals surface area contributed by atoms with E-state index in [-0.39, 0.29) is 32.7 Å². The van der Waals surface area contributed by atoms with Crippen molar-refractivity contribution >= 4 is 17.9 Å². The molecule has 1 radical (unpaired) electrons. The second kappa shape index (κ2) is 69.0. The molecule has 0 aromatic heterocycles. The molecular weight excluding hydrogens is 906 g/mol. The Hall–Kier alpha value is -1.27. The largest absolute Gasteiger partial charge is 0.481 e. The number of hydrogen-bond acceptors (Lipinski definition) is 3. The Kier molecular flexibility index (Phi) is 74.4. The van der Waals surface area contributed by atoms with Gasteiger partial charge in [-0.1, -0.05) is 250 Å².